The smallest absolute Gasteiger partial charge is 0.0200 e. The molecule has 0 aromatic rings. The SMILES string of the molecule is C/C=C/C=C/C(C)(C)C.C=C(/C=C/C(C)(C)C)C(C)C.C=C(/C=C/C(C)(C)C)CC.C=C(/C=C/C(C)(C)C)CCC.C=C(C)/C=C/C(C)(C)C.C=C/C=C/C(C)(C)C.C=C/C=C/C(C)(C)C.CC(C)/C=C/C=C/C(C)(C)C.CC/C=C/C=C/C(C)(C)C.CCC/C=C/C=C/C(C)(C)C. The summed E-state index contributed by atoms with van der Waals surface area (Å²) in [6, 6.07) is 0. The van der Waals surface area contributed by atoms with Crippen LogP contribution in [-0.4, -0.2) is 0 Å². The first-order valence-corrected chi connectivity index (χ1v) is 37.3. The molecular formula is C98H176. The fourth-order valence-corrected chi connectivity index (χ4v) is 5.24. The van der Waals surface area contributed by atoms with Crippen molar-refractivity contribution in [1.82, 2.24) is 0 Å². The zero-order valence-electron chi connectivity index (χ0n) is 74.0. The summed E-state index contributed by atoms with van der Waals surface area (Å²) < 4.78 is 0. The molecule has 0 radical (unpaired) electrons. The standard InChI is InChI=1S/4C11H20.2C10H18.2C9H16.2C8H14/c1-9(2)10(3)7-8-11(4,5)6;1-10(2)8-6-7-9-11(3,4)5;1-6-7-10(2)8-9-11(3,4)5;1-5-6-7-8-9-10-11(2,3)4;1-6-9(2)7-8-10(3,4)5;1-5-6-7-8-9-10(2,3)4;1-8(2)6-7-9(3,4)5;1-5-6-7-8-9(2,3)4;2*1-5-6-7-8(2,3)4/h7-9H,3H2,1-2,4-6H3;6-10H,1-5H3;8-9H,2,6-7H2,1,3-5H3;7-10H,5-6H2,1-4H3;7-8H,2,6H2,1,3-5H3;6-9H,5H2,1-4H3;6-7H,1H2,2-5H3;5-8H,1-4H3;2*5-7H,1H2,2-4H3/b8-7+;8-6+,9-7+;9-8+;8-7+,10-9+;8-7+;7-6+,9-8+;7-6+;6-5+,8-7+;2*7-6+. The maximum Gasteiger partial charge on any atom is -0.0200 e. The monoisotopic (exact) mass is 1350 g/mol. The van der Waals surface area contributed by atoms with E-state index in [2.05, 4.69) is 448 Å². The van der Waals surface area contributed by atoms with E-state index in [1.807, 2.05) is 38.2 Å². The normalized spacial score (nSPS) is 13.0. The number of allylic oxidation sites excluding steroid dienone is 34. The minimum atomic E-state index is 0.276. The Bertz CT molecular complexity index is 2350. The van der Waals surface area contributed by atoms with E-state index >= 15 is 0 Å². The Hall–Kier alpha value is -5.20. The van der Waals surface area contributed by atoms with Gasteiger partial charge in [-0.05, 0) is 106 Å². The van der Waals surface area contributed by atoms with Crippen molar-refractivity contribution in [3.8, 4) is 0 Å². The van der Waals surface area contributed by atoms with Crippen LogP contribution in [-0.2, 0) is 0 Å². The van der Waals surface area contributed by atoms with Crippen LogP contribution in [0.5, 0.6) is 0 Å². The van der Waals surface area contributed by atoms with Crippen molar-refractivity contribution in [2.45, 2.75) is 315 Å². The van der Waals surface area contributed by atoms with Crippen molar-refractivity contribution < 1.29 is 0 Å². The number of hydrogen-bond acceptors (Lipinski definition) is 0. The molecule has 0 spiro atoms. The maximum absolute atomic E-state index is 3.97. The van der Waals surface area contributed by atoms with Crippen molar-refractivity contribution in [2.24, 2.45) is 66.0 Å². The molecule has 0 bridgehead atoms. The second-order valence-corrected chi connectivity index (χ2v) is 36.8. The van der Waals surface area contributed by atoms with Crippen molar-refractivity contribution in [2.75, 3.05) is 0 Å². The quantitative estimate of drug-likeness (QED) is 0.120. The molecule has 0 aliphatic rings. The molecule has 0 saturated carbocycles. The van der Waals surface area contributed by atoms with Gasteiger partial charge in [0.05, 0.1) is 0 Å². The molecule has 0 fully saturated rings. The molecule has 0 aromatic heterocycles. The van der Waals surface area contributed by atoms with E-state index in [0.717, 1.165) is 24.8 Å². The minimum Gasteiger partial charge on any atom is -0.0991 e. The van der Waals surface area contributed by atoms with E-state index in [1.54, 1.807) is 12.2 Å². The van der Waals surface area contributed by atoms with Gasteiger partial charge < -0.3 is 0 Å². The van der Waals surface area contributed by atoms with Gasteiger partial charge in [0.2, 0.25) is 0 Å². The van der Waals surface area contributed by atoms with Gasteiger partial charge in [0.1, 0.15) is 0 Å². The van der Waals surface area contributed by atoms with Crippen LogP contribution in [0, 0.1) is 66.0 Å². The molecule has 0 amide bonds. The molecule has 98 heavy (non-hydrogen) atoms. The van der Waals surface area contributed by atoms with E-state index in [-0.39, 0.29) is 16.2 Å². The Morgan fingerprint density at radius 1 is 0.327 bits per heavy atom. The summed E-state index contributed by atoms with van der Waals surface area (Å²) in [5.74, 6) is 1.22. The predicted octanol–water partition coefficient (Wildman–Crippen LogP) is 34.5. The molecule has 0 aliphatic heterocycles. The van der Waals surface area contributed by atoms with E-state index in [0.29, 0.717) is 49.7 Å². The summed E-state index contributed by atoms with van der Waals surface area (Å²) in [5.41, 5.74) is 7.77. The summed E-state index contributed by atoms with van der Waals surface area (Å²) in [6.45, 7) is 110. The van der Waals surface area contributed by atoms with Gasteiger partial charge in [0, 0.05) is 0 Å². The van der Waals surface area contributed by atoms with E-state index in [1.165, 1.54) is 36.0 Å². The molecule has 0 N–H and O–H groups in total. The summed E-state index contributed by atoms with van der Waals surface area (Å²) in [7, 11) is 0. The number of rotatable bonds is 18. The third-order valence-corrected chi connectivity index (χ3v) is 11.0. The van der Waals surface area contributed by atoms with E-state index in [4.69, 9.17) is 0 Å². The summed E-state index contributed by atoms with van der Waals surface area (Å²) in [6.07, 6.45) is 70.2. The zero-order valence-corrected chi connectivity index (χ0v) is 74.0. The van der Waals surface area contributed by atoms with Crippen LogP contribution < -0.4 is 0 Å². The lowest BCUT2D eigenvalue weighted by Gasteiger charge is -2.12. The molecule has 0 saturated heterocycles. The first-order chi connectivity index (χ1) is 43.9. The average molecular weight is 1350 g/mol. The molecule has 0 aliphatic carbocycles. The maximum atomic E-state index is 3.97. The van der Waals surface area contributed by atoms with Crippen LogP contribution in [0.3, 0.4) is 0 Å². The highest BCUT2D eigenvalue weighted by molar-refractivity contribution is 5.19. The molecule has 0 atom stereocenters. The first-order valence-electron chi connectivity index (χ1n) is 37.3. The molecule has 0 aromatic carbocycles. The highest BCUT2D eigenvalue weighted by Gasteiger charge is 2.08. The first kappa shape index (κ1) is 114. The van der Waals surface area contributed by atoms with Gasteiger partial charge in [-0.2, -0.15) is 0 Å². The number of hydrogen-bond donors (Lipinski definition) is 0. The predicted molar refractivity (Wildman–Crippen MR) is 471 cm³/mol. The largest absolute Gasteiger partial charge is 0.0991 e. The Kier molecular flexibility index (Phi) is 74.4. The minimum absolute atomic E-state index is 0.276. The van der Waals surface area contributed by atoms with Crippen molar-refractivity contribution in [3.05, 3.63) is 244 Å². The molecule has 0 nitrogen and oxygen atoms in total. The Labute approximate surface area is 621 Å². The topological polar surface area (TPSA) is 0 Å². The molecule has 0 heteroatoms. The summed E-state index contributed by atoms with van der Waals surface area (Å²) in [4.78, 5) is 0. The van der Waals surface area contributed by atoms with Crippen molar-refractivity contribution >= 4 is 0 Å². The number of unbranched alkanes of at least 4 members (excludes halogenated alkanes) is 1. The summed E-state index contributed by atoms with van der Waals surface area (Å²) >= 11 is 0. The third kappa shape index (κ3) is 164. The average Bonchev–Trinajstić information content (AvgIpc) is 3.65. The van der Waals surface area contributed by atoms with Gasteiger partial charge in [0.15, 0.2) is 0 Å². The zero-order chi connectivity index (χ0) is 79.9. The molecule has 0 heterocycles. The lowest BCUT2D eigenvalue weighted by atomic mass is 9.94. The third-order valence-electron chi connectivity index (χ3n) is 11.0. The fraction of sp³-hybridized carbons (Fsp3) is 0.592. The van der Waals surface area contributed by atoms with Crippen molar-refractivity contribution in [1.29, 1.82) is 0 Å². The highest BCUT2D eigenvalue weighted by Crippen LogP contribution is 2.22. The van der Waals surface area contributed by atoms with Gasteiger partial charge in [-0.1, -0.05) is 520 Å². The van der Waals surface area contributed by atoms with Gasteiger partial charge in [0.25, 0.3) is 0 Å². The van der Waals surface area contributed by atoms with Crippen LogP contribution in [0.15, 0.2) is 244 Å². The molecule has 0 unspecified atom stereocenters. The summed E-state index contributed by atoms with van der Waals surface area (Å²) in [5, 5.41) is 0. The lowest BCUT2D eigenvalue weighted by Crippen LogP contribution is -1.99. The van der Waals surface area contributed by atoms with Crippen LogP contribution in [0.25, 0.3) is 0 Å². The van der Waals surface area contributed by atoms with Gasteiger partial charge in [-0.3, -0.25) is 0 Å². The Morgan fingerprint density at radius 3 is 0.847 bits per heavy atom. The van der Waals surface area contributed by atoms with Gasteiger partial charge >= 0.3 is 0 Å². The van der Waals surface area contributed by atoms with Gasteiger partial charge in [-0.15, -0.1) is 0 Å². The Balaban J connectivity index is -0.000000110. The Morgan fingerprint density at radius 2 is 0.612 bits per heavy atom. The molecule has 568 valence electrons. The van der Waals surface area contributed by atoms with Gasteiger partial charge in [-0.25, -0.2) is 0 Å². The lowest BCUT2D eigenvalue weighted by molar-refractivity contribution is 0.542. The highest BCUT2D eigenvalue weighted by atomic mass is 14.1. The van der Waals surface area contributed by atoms with Crippen molar-refractivity contribution in [3.63, 3.8) is 0 Å². The van der Waals surface area contributed by atoms with Crippen LogP contribution in [0.4, 0.5) is 0 Å². The van der Waals surface area contributed by atoms with E-state index < -0.39 is 0 Å². The van der Waals surface area contributed by atoms with Crippen LogP contribution >= 0.6 is 0 Å². The molecule has 0 rings (SSSR count). The fourth-order valence-electron chi connectivity index (χ4n) is 5.24. The second-order valence-electron chi connectivity index (χ2n) is 36.8. The van der Waals surface area contributed by atoms with Crippen LogP contribution in [0.1, 0.15) is 315 Å². The second kappa shape index (κ2) is 63.9. The molecular weight excluding hydrogens is 1180 g/mol. The van der Waals surface area contributed by atoms with Crippen LogP contribution in [0.2, 0.25) is 0 Å². The van der Waals surface area contributed by atoms with E-state index in [9.17, 15) is 0 Å².